The average Bonchev–Trinajstić information content (AvgIpc) is 2.96. The Morgan fingerprint density at radius 1 is 1.19 bits per heavy atom. The number of aryl methyl sites for hydroxylation is 1. The van der Waals surface area contributed by atoms with Gasteiger partial charge in [-0.25, -0.2) is 0 Å². The van der Waals surface area contributed by atoms with E-state index in [4.69, 9.17) is 15.0 Å². The predicted molar refractivity (Wildman–Crippen MR) is 77.5 cm³/mol. The van der Waals surface area contributed by atoms with E-state index in [0.717, 1.165) is 5.56 Å². The fraction of sp³-hybridized carbons (Fsp3) is 0.133. The molecule has 2 heterocycles. The van der Waals surface area contributed by atoms with Crippen molar-refractivity contribution in [2.75, 3.05) is 5.73 Å². The van der Waals surface area contributed by atoms with Gasteiger partial charge in [-0.3, -0.25) is 4.98 Å². The molecule has 21 heavy (non-hydrogen) atoms. The van der Waals surface area contributed by atoms with Gasteiger partial charge in [0.25, 0.3) is 5.89 Å². The quantitative estimate of drug-likeness (QED) is 0.740. The van der Waals surface area contributed by atoms with Crippen LogP contribution in [-0.2, 0) is 6.61 Å². The van der Waals surface area contributed by atoms with Crippen LogP contribution in [-0.4, -0.2) is 15.1 Å². The molecule has 0 atom stereocenters. The van der Waals surface area contributed by atoms with E-state index in [0.29, 0.717) is 28.8 Å². The van der Waals surface area contributed by atoms with E-state index in [1.165, 1.54) is 0 Å². The summed E-state index contributed by atoms with van der Waals surface area (Å²) in [5.41, 5.74) is 8.00. The smallest absolute Gasteiger partial charge is 0.264 e. The number of nitrogens with zero attached hydrogens (tertiary/aromatic N) is 3. The molecule has 106 valence electrons. The van der Waals surface area contributed by atoms with Gasteiger partial charge >= 0.3 is 0 Å². The Labute approximate surface area is 121 Å². The van der Waals surface area contributed by atoms with Crippen molar-refractivity contribution in [1.82, 2.24) is 15.1 Å². The summed E-state index contributed by atoms with van der Waals surface area (Å²) < 4.78 is 10.7. The van der Waals surface area contributed by atoms with Crippen LogP contribution >= 0.6 is 0 Å². The van der Waals surface area contributed by atoms with Crippen molar-refractivity contribution in [1.29, 1.82) is 0 Å². The maximum atomic E-state index is 5.61. The second-order valence-corrected chi connectivity index (χ2v) is 4.54. The van der Waals surface area contributed by atoms with Crippen LogP contribution in [0.2, 0.25) is 0 Å². The normalized spacial score (nSPS) is 10.5. The van der Waals surface area contributed by atoms with Crippen molar-refractivity contribution in [2.45, 2.75) is 13.5 Å². The van der Waals surface area contributed by atoms with Crippen molar-refractivity contribution in [2.24, 2.45) is 0 Å². The first-order valence-electron chi connectivity index (χ1n) is 6.45. The summed E-state index contributed by atoms with van der Waals surface area (Å²) in [5, 5.41) is 3.93. The number of aromatic nitrogens is 3. The molecule has 3 rings (SSSR count). The first-order chi connectivity index (χ1) is 10.2. The molecule has 0 unspecified atom stereocenters. The van der Waals surface area contributed by atoms with Crippen molar-refractivity contribution in [3.63, 3.8) is 0 Å². The number of ether oxygens (including phenoxy) is 1. The molecule has 3 aromatic rings. The highest BCUT2D eigenvalue weighted by Gasteiger charge is 2.12. The summed E-state index contributed by atoms with van der Waals surface area (Å²) in [4.78, 5) is 8.53. The second-order valence-electron chi connectivity index (χ2n) is 4.54. The van der Waals surface area contributed by atoms with Gasteiger partial charge in [0.1, 0.15) is 11.4 Å². The highest BCUT2D eigenvalue weighted by Crippen LogP contribution is 2.18. The molecule has 6 heteroatoms. The van der Waals surface area contributed by atoms with Gasteiger partial charge in [0.15, 0.2) is 6.61 Å². The van der Waals surface area contributed by atoms with Gasteiger partial charge in [-0.1, -0.05) is 11.2 Å². The number of anilines is 1. The molecule has 6 nitrogen and oxygen atoms in total. The molecule has 2 aromatic heterocycles. The van der Waals surface area contributed by atoms with Crippen molar-refractivity contribution in [3.05, 3.63) is 54.0 Å². The molecule has 0 aliphatic rings. The van der Waals surface area contributed by atoms with Gasteiger partial charge in [-0.15, -0.1) is 0 Å². The minimum Gasteiger partial charge on any atom is -0.484 e. The number of nitrogens with two attached hydrogens (primary N) is 1. The molecule has 0 radical (unpaired) electrons. The molecule has 0 saturated carbocycles. The Bertz CT molecular complexity index is 737. The Morgan fingerprint density at radius 2 is 2.00 bits per heavy atom. The summed E-state index contributed by atoms with van der Waals surface area (Å²) in [6, 6.07) is 10.9. The van der Waals surface area contributed by atoms with Crippen LogP contribution in [0, 0.1) is 6.92 Å². The standard InChI is InChI=1S/C15H14N4O2/c1-10-3-2-8-17-14(10)15-18-13(21-19-15)9-20-12-6-4-11(16)5-7-12/h2-8H,9,16H2,1H3. The third-order valence-electron chi connectivity index (χ3n) is 2.93. The van der Waals surface area contributed by atoms with Crippen LogP contribution in [0.15, 0.2) is 47.1 Å². The lowest BCUT2D eigenvalue weighted by Gasteiger charge is -2.02. The molecule has 0 fully saturated rings. The minimum atomic E-state index is 0.197. The molecule has 0 amide bonds. The zero-order valence-electron chi connectivity index (χ0n) is 11.5. The largest absolute Gasteiger partial charge is 0.484 e. The molecular formula is C15H14N4O2. The molecule has 0 spiro atoms. The minimum absolute atomic E-state index is 0.197. The third-order valence-corrected chi connectivity index (χ3v) is 2.93. The molecular weight excluding hydrogens is 268 g/mol. The highest BCUT2D eigenvalue weighted by atomic mass is 16.5. The summed E-state index contributed by atoms with van der Waals surface area (Å²) in [6.45, 7) is 2.14. The van der Waals surface area contributed by atoms with Crippen LogP contribution in [0.4, 0.5) is 5.69 Å². The lowest BCUT2D eigenvalue weighted by Crippen LogP contribution is -1.96. The number of benzene rings is 1. The maximum absolute atomic E-state index is 5.61. The Balaban J connectivity index is 1.71. The maximum Gasteiger partial charge on any atom is 0.264 e. The van der Waals surface area contributed by atoms with E-state index >= 15 is 0 Å². The van der Waals surface area contributed by atoms with Gasteiger partial charge < -0.3 is 15.0 Å². The van der Waals surface area contributed by atoms with E-state index in [-0.39, 0.29) is 6.61 Å². The summed E-state index contributed by atoms with van der Waals surface area (Å²) in [5.74, 6) is 1.55. The molecule has 0 bridgehead atoms. The molecule has 0 saturated heterocycles. The fourth-order valence-corrected chi connectivity index (χ4v) is 1.84. The zero-order chi connectivity index (χ0) is 14.7. The van der Waals surface area contributed by atoms with E-state index in [9.17, 15) is 0 Å². The molecule has 0 aliphatic heterocycles. The van der Waals surface area contributed by atoms with E-state index in [1.807, 2.05) is 19.1 Å². The lowest BCUT2D eigenvalue weighted by molar-refractivity contribution is 0.243. The van der Waals surface area contributed by atoms with Crippen molar-refractivity contribution in [3.8, 4) is 17.3 Å². The Morgan fingerprint density at radius 3 is 2.76 bits per heavy atom. The van der Waals surface area contributed by atoms with Crippen LogP contribution in [0.5, 0.6) is 5.75 Å². The molecule has 0 aliphatic carbocycles. The lowest BCUT2D eigenvalue weighted by atomic mass is 10.2. The first-order valence-corrected chi connectivity index (χ1v) is 6.45. The summed E-state index contributed by atoms with van der Waals surface area (Å²) >= 11 is 0. The van der Waals surface area contributed by atoms with Crippen LogP contribution in [0.25, 0.3) is 11.5 Å². The van der Waals surface area contributed by atoms with Crippen molar-refractivity contribution < 1.29 is 9.26 Å². The zero-order valence-corrected chi connectivity index (χ0v) is 11.5. The first kappa shape index (κ1) is 13.1. The Hall–Kier alpha value is -2.89. The number of nitrogen functional groups attached to an aromatic ring is 1. The second kappa shape index (κ2) is 5.62. The molecule has 2 N–H and O–H groups in total. The highest BCUT2D eigenvalue weighted by molar-refractivity contribution is 5.53. The monoisotopic (exact) mass is 282 g/mol. The number of rotatable bonds is 4. The van der Waals surface area contributed by atoms with E-state index < -0.39 is 0 Å². The number of hydrogen-bond acceptors (Lipinski definition) is 6. The van der Waals surface area contributed by atoms with Crippen LogP contribution < -0.4 is 10.5 Å². The van der Waals surface area contributed by atoms with Gasteiger partial charge in [0.05, 0.1) is 0 Å². The summed E-state index contributed by atoms with van der Waals surface area (Å²) in [6.07, 6.45) is 1.70. The SMILES string of the molecule is Cc1cccnc1-c1noc(COc2ccc(N)cc2)n1. The molecule has 1 aromatic carbocycles. The topological polar surface area (TPSA) is 87.1 Å². The number of pyridine rings is 1. The fourth-order valence-electron chi connectivity index (χ4n) is 1.84. The van der Waals surface area contributed by atoms with Gasteiger partial charge in [-0.05, 0) is 42.8 Å². The van der Waals surface area contributed by atoms with Crippen molar-refractivity contribution >= 4 is 5.69 Å². The number of hydrogen-bond donors (Lipinski definition) is 1. The van der Waals surface area contributed by atoms with Crippen LogP contribution in [0.3, 0.4) is 0 Å². The predicted octanol–water partition coefficient (Wildman–Crippen LogP) is 2.60. The van der Waals surface area contributed by atoms with E-state index in [1.54, 1.807) is 30.5 Å². The van der Waals surface area contributed by atoms with Gasteiger partial charge in [0.2, 0.25) is 5.82 Å². The van der Waals surface area contributed by atoms with E-state index in [2.05, 4.69) is 15.1 Å². The summed E-state index contributed by atoms with van der Waals surface area (Å²) in [7, 11) is 0. The van der Waals surface area contributed by atoms with Gasteiger partial charge in [0, 0.05) is 11.9 Å². The van der Waals surface area contributed by atoms with Gasteiger partial charge in [-0.2, -0.15) is 4.98 Å². The third kappa shape index (κ3) is 3.00. The Kier molecular flexibility index (Phi) is 3.51. The van der Waals surface area contributed by atoms with Crippen LogP contribution in [0.1, 0.15) is 11.5 Å². The average molecular weight is 282 g/mol.